The summed E-state index contributed by atoms with van der Waals surface area (Å²) in [5.74, 6) is 0.253. The SMILES string of the molecule is CCc1ccc(N(CCCC(=O)N(Cc2ccc(OC)cc2)[C@@H](C)C(=O)NC(C)C)S(C)(=O)=O)cc1. The summed E-state index contributed by atoms with van der Waals surface area (Å²) in [7, 11) is -1.94. The van der Waals surface area contributed by atoms with Crippen LogP contribution in [0.25, 0.3) is 0 Å². The van der Waals surface area contributed by atoms with Crippen LogP contribution in [-0.4, -0.2) is 57.1 Å². The molecular formula is C27H39N3O5S. The lowest BCUT2D eigenvalue weighted by Gasteiger charge is -2.30. The van der Waals surface area contributed by atoms with Gasteiger partial charge in [-0.25, -0.2) is 8.42 Å². The van der Waals surface area contributed by atoms with E-state index in [0.29, 0.717) is 17.9 Å². The molecule has 1 N–H and O–H groups in total. The summed E-state index contributed by atoms with van der Waals surface area (Å²) < 4.78 is 31.4. The smallest absolute Gasteiger partial charge is 0.242 e. The third-order valence-corrected chi connectivity index (χ3v) is 7.09. The van der Waals surface area contributed by atoms with E-state index in [1.165, 1.54) is 4.31 Å². The van der Waals surface area contributed by atoms with Gasteiger partial charge in [-0.3, -0.25) is 13.9 Å². The van der Waals surface area contributed by atoms with Gasteiger partial charge in [0, 0.05) is 25.6 Å². The third-order valence-electron chi connectivity index (χ3n) is 5.89. The van der Waals surface area contributed by atoms with Gasteiger partial charge in [0.2, 0.25) is 21.8 Å². The van der Waals surface area contributed by atoms with Crippen LogP contribution >= 0.6 is 0 Å². The molecule has 0 unspecified atom stereocenters. The first-order valence-corrected chi connectivity index (χ1v) is 14.1. The van der Waals surface area contributed by atoms with Gasteiger partial charge in [0.15, 0.2) is 0 Å². The molecule has 9 heteroatoms. The summed E-state index contributed by atoms with van der Waals surface area (Å²) in [6.07, 6.45) is 2.45. The number of anilines is 1. The van der Waals surface area contributed by atoms with Gasteiger partial charge in [-0.05, 0) is 69.0 Å². The highest BCUT2D eigenvalue weighted by atomic mass is 32.2. The minimum absolute atomic E-state index is 0.0553. The highest BCUT2D eigenvalue weighted by Gasteiger charge is 2.27. The lowest BCUT2D eigenvalue weighted by atomic mass is 10.1. The molecule has 0 aliphatic rings. The van der Waals surface area contributed by atoms with Crippen LogP contribution in [0.5, 0.6) is 5.75 Å². The van der Waals surface area contributed by atoms with E-state index in [-0.39, 0.29) is 37.4 Å². The van der Waals surface area contributed by atoms with Crippen LogP contribution in [0.4, 0.5) is 5.69 Å². The molecule has 1 atom stereocenters. The Hall–Kier alpha value is -3.07. The summed E-state index contributed by atoms with van der Waals surface area (Å²) in [6, 6.07) is 14.0. The number of sulfonamides is 1. The van der Waals surface area contributed by atoms with Crippen LogP contribution in [0.15, 0.2) is 48.5 Å². The Morgan fingerprint density at radius 3 is 2.06 bits per heavy atom. The molecule has 0 spiro atoms. The summed E-state index contributed by atoms with van der Waals surface area (Å²) in [5, 5.41) is 2.87. The van der Waals surface area contributed by atoms with Crippen molar-refractivity contribution in [3.05, 3.63) is 59.7 Å². The molecule has 2 rings (SSSR count). The van der Waals surface area contributed by atoms with Crippen molar-refractivity contribution < 1.29 is 22.7 Å². The van der Waals surface area contributed by atoms with Crippen LogP contribution in [0.3, 0.4) is 0 Å². The molecule has 36 heavy (non-hydrogen) atoms. The van der Waals surface area contributed by atoms with Crippen LogP contribution in [0, 0.1) is 0 Å². The average Bonchev–Trinajstić information content (AvgIpc) is 2.84. The van der Waals surface area contributed by atoms with Gasteiger partial charge in [-0.2, -0.15) is 0 Å². The standard InChI is InChI=1S/C27H39N3O5S/c1-7-22-10-14-24(15-11-22)30(36(6,33)34)18-8-9-26(31)29(21(4)27(32)28-20(2)3)19-23-12-16-25(35-5)17-13-23/h10-17,20-21H,7-9,18-19H2,1-6H3,(H,28,32)/t21-/m0/s1. The van der Waals surface area contributed by atoms with Gasteiger partial charge < -0.3 is 15.0 Å². The number of hydrogen-bond donors (Lipinski definition) is 1. The van der Waals surface area contributed by atoms with Gasteiger partial charge in [0.05, 0.1) is 19.1 Å². The van der Waals surface area contributed by atoms with Crippen molar-refractivity contribution in [1.29, 1.82) is 0 Å². The molecule has 198 valence electrons. The fourth-order valence-corrected chi connectivity index (χ4v) is 4.78. The summed E-state index contributed by atoms with van der Waals surface area (Å²) in [4.78, 5) is 27.6. The fraction of sp³-hybridized carbons (Fsp3) is 0.481. The van der Waals surface area contributed by atoms with E-state index in [1.807, 2.05) is 57.2 Å². The molecule has 0 radical (unpaired) electrons. The van der Waals surface area contributed by atoms with Gasteiger partial charge in [0.25, 0.3) is 0 Å². The van der Waals surface area contributed by atoms with E-state index >= 15 is 0 Å². The third kappa shape index (κ3) is 8.55. The molecule has 2 amide bonds. The van der Waals surface area contributed by atoms with Gasteiger partial charge in [0.1, 0.15) is 11.8 Å². The second kappa shape index (κ2) is 13.3. The van der Waals surface area contributed by atoms with Crippen LogP contribution < -0.4 is 14.4 Å². The Morgan fingerprint density at radius 2 is 1.56 bits per heavy atom. The lowest BCUT2D eigenvalue weighted by molar-refractivity contribution is -0.140. The minimum atomic E-state index is -3.52. The summed E-state index contributed by atoms with van der Waals surface area (Å²) in [5.41, 5.74) is 2.55. The number of hydrogen-bond acceptors (Lipinski definition) is 5. The molecule has 0 aliphatic carbocycles. The molecule has 0 aliphatic heterocycles. The number of benzene rings is 2. The number of methoxy groups -OCH3 is 1. The Bertz CT molecular complexity index is 1100. The molecule has 2 aromatic carbocycles. The van der Waals surface area contributed by atoms with Crippen molar-refractivity contribution in [3.8, 4) is 5.75 Å². The van der Waals surface area contributed by atoms with E-state index in [4.69, 9.17) is 4.74 Å². The number of ether oxygens (including phenoxy) is 1. The second-order valence-corrected chi connectivity index (χ2v) is 11.1. The zero-order valence-electron chi connectivity index (χ0n) is 22.2. The quantitative estimate of drug-likeness (QED) is 0.437. The zero-order valence-corrected chi connectivity index (χ0v) is 23.0. The molecular weight excluding hydrogens is 478 g/mol. The maximum absolute atomic E-state index is 13.3. The van der Waals surface area contributed by atoms with E-state index < -0.39 is 16.1 Å². The molecule has 0 saturated heterocycles. The van der Waals surface area contributed by atoms with E-state index in [1.54, 1.807) is 31.1 Å². The van der Waals surface area contributed by atoms with E-state index in [2.05, 4.69) is 5.32 Å². The highest BCUT2D eigenvalue weighted by Crippen LogP contribution is 2.20. The van der Waals surface area contributed by atoms with Crippen LogP contribution in [-0.2, 0) is 32.6 Å². The normalized spacial score (nSPS) is 12.2. The average molecular weight is 518 g/mol. The Kier molecular flexibility index (Phi) is 10.8. The molecule has 0 aromatic heterocycles. The number of carbonyl (C=O) groups is 2. The zero-order chi connectivity index (χ0) is 26.9. The Balaban J connectivity index is 2.16. The van der Waals surface area contributed by atoms with Crippen molar-refractivity contribution in [3.63, 3.8) is 0 Å². The minimum Gasteiger partial charge on any atom is -0.497 e. The van der Waals surface area contributed by atoms with Crippen molar-refractivity contribution in [2.24, 2.45) is 0 Å². The monoisotopic (exact) mass is 517 g/mol. The van der Waals surface area contributed by atoms with Crippen molar-refractivity contribution in [2.45, 2.75) is 65.6 Å². The number of aryl methyl sites for hydroxylation is 1. The first-order chi connectivity index (χ1) is 17.0. The number of rotatable bonds is 13. The number of nitrogens with one attached hydrogen (secondary N) is 1. The first-order valence-electron chi connectivity index (χ1n) is 12.3. The number of amides is 2. The molecule has 2 aromatic rings. The van der Waals surface area contributed by atoms with Gasteiger partial charge in [-0.1, -0.05) is 31.2 Å². The maximum atomic E-state index is 13.3. The second-order valence-electron chi connectivity index (χ2n) is 9.17. The fourth-order valence-electron chi connectivity index (χ4n) is 3.82. The molecule has 0 bridgehead atoms. The largest absolute Gasteiger partial charge is 0.497 e. The Labute approximate surface area is 215 Å². The molecule has 0 fully saturated rings. The van der Waals surface area contributed by atoms with Crippen LogP contribution in [0.1, 0.15) is 51.7 Å². The molecule has 0 saturated carbocycles. The van der Waals surface area contributed by atoms with Crippen molar-refractivity contribution in [1.82, 2.24) is 10.2 Å². The van der Waals surface area contributed by atoms with Crippen molar-refractivity contribution in [2.75, 3.05) is 24.2 Å². The van der Waals surface area contributed by atoms with Gasteiger partial charge >= 0.3 is 0 Å². The van der Waals surface area contributed by atoms with E-state index in [0.717, 1.165) is 23.8 Å². The first kappa shape index (κ1) is 29.2. The topological polar surface area (TPSA) is 96.0 Å². The molecule has 0 heterocycles. The summed E-state index contributed by atoms with van der Waals surface area (Å²) in [6.45, 7) is 7.90. The lowest BCUT2D eigenvalue weighted by Crippen LogP contribution is -2.49. The van der Waals surface area contributed by atoms with Gasteiger partial charge in [-0.15, -0.1) is 0 Å². The summed E-state index contributed by atoms with van der Waals surface area (Å²) >= 11 is 0. The highest BCUT2D eigenvalue weighted by molar-refractivity contribution is 7.92. The van der Waals surface area contributed by atoms with Crippen molar-refractivity contribution >= 4 is 27.5 Å². The van der Waals surface area contributed by atoms with E-state index in [9.17, 15) is 18.0 Å². The Morgan fingerprint density at radius 1 is 0.972 bits per heavy atom. The van der Waals surface area contributed by atoms with Crippen LogP contribution in [0.2, 0.25) is 0 Å². The molecule has 8 nitrogen and oxygen atoms in total. The maximum Gasteiger partial charge on any atom is 0.242 e. The predicted molar refractivity (Wildman–Crippen MR) is 144 cm³/mol. The number of nitrogens with zero attached hydrogens (tertiary/aromatic N) is 2. The predicted octanol–water partition coefficient (Wildman–Crippen LogP) is 3.75. The number of carbonyl (C=O) groups excluding carboxylic acids is 2.